The number of hydrogen-bond donors (Lipinski definition) is 0. The van der Waals surface area contributed by atoms with Crippen LogP contribution in [0.1, 0.15) is 23.2 Å². The number of ether oxygens (including phenoxy) is 2. The Hall–Kier alpha value is -1.76. The summed E-state index contributed by atoms with van der Waals surface area (Å²) in [6.07, 6.45) is 3.98. The minimum absolute atomic E-state index is 0.0148. The minimum atomic E-state index is 0.0148. The third-order valence-corrected chi connectivity index (χ3v) is 4.91. The Morgan fingerprint density at radius 2 is 2.42 bits per heavy atom. The molecule has 1 saturated heterocycles. The average Bonchev–Trinajstić information content (AvgIpc) is 3.31. The zero-order valence-corrected chi connectivity index (χ0v) is 14.6. The van der Waals surface area contributed by atoms with E-state index in [4.69, 9.17) is 9.47 Å². The molecule has 0 unspecified atom stereocenters. The summed E-state index contributed by atoms with van der Waals surface area (Å²) in [5.74, 6) is 0.0148. The predicted molar refractivity (Wildman–Crippen MR) is 94.3 cm³/mol. The van der Waals surface area contributed by atoms with E-state index in [0.29, 0.717) is 25.3 Å². The van der Waals surface area contributed by atoms with Crippen LogP contribution in [-0.4, -0.2) is 55.3 Å². The van der Waals surface area contributed by atoms with Crippen LogP contribution in [0.25, 0.3) is 10.6 Å². The fourth-order valence-corrected chi connectivity index (χ4v) is 3.48. The summed E-state index contributed by atoms with van der Waals surface area (Å²) in [6.45, 7) is 2.49. The fourth-order valence-electron chi connectivity index (χ4n) is 2.85. The van der Waals surface area contributed by atoms with E-state index in [1.54, 1.807) is 24.6 Å². The zero-order chi connectivity index (χ0) is 16.8. The van der Waals surface area contributed by atoms with Gasteiger partial charge < -0.3 is 14.4 Å². The molecular formula is C18H22N2O3S. The molecule has 1 fully saturated rings. The quantitative estimate of drug-likeness (QED) is 0.773. The van der Waals surface area contributed by atoms with E-state index in [9.17, 15) is 4.79 Å². The van der Waals surface area contributed by atoms with Gasteiger partial charge in [0, 0.05) is 49.5 Å². The van der Waals surface area contributed by atoms with Crippen LogP contribution in [0, 0.1) is 0 Å². The van der Waals surface area contributed by atoms with Crippen molar-refractivity contribution in [3.05, 3.63) is 41.4 Å². The van der Waals surface area contributed by atoms with Crippen LogP contribution in [-0.2, 0) is 9.47 Å². The number of methoxy groups -OCH3 is 1. The SMILES string of the molecule is COCCN(C[C@@H]1CCCO1)C(=O)c1cccc(-c2nccs2)c1. The van der Waals surface area contributed by atoms with E-state index in [0.717, 1.165) is 30.0 Å². The van der Waals surface area contributed by atoms with Gasteiger partial charge in [0.1, 0.15) is 5.01 Å². The number of hydrogen-bond acceptors (Lipinski definition) is 5. The lowest BCUT2D eigenvalue weighted by Crippen LogP contribution is -2.39. The van der Waals surface area contributed by atoms with Crippen LogP contribution >= 0.6 is 11.3 Å². The Labute approximate surface area is 146 Å². The molecule has 1 aliphatic heterocycles. The normalized spacial score (nSPS) is 17.1. The van der Waals surface area contributed by atoms with E-state index in [1.807, 2.05) is 34.5 Å². The molecule has 24 heavy (non-hydrogen) atoms. The van der Waals surface area contributed by atoms with Gasteiger partial charge in [0.15, 0.2) is 0 Å². The molecule has 1 amide bonds. The Kier molecular flexibility index (Phi) is 5.96. The number of carbonyl (C=O) groups is 1. The topological polar surface area (TPSA) is 51.7 Å². The molecular weight excluding hydrogens is 324 g/mol. The molecule has 0 aliphatic carbocycles. The van der Waals surface area contributed by atoms with E-state index in [1.165, 1.54) is 0 Å². The zero-order valence-electron chi connectivity index (χ0n) is 13.8. The van der Waals surface area contributed by atoms with Crippen LogP contribution in [0.15, 0.2) is 35.8 Å². The summed E-state index contributed by atoms with van der Waals surface area (Å²) in [5, 5.41) is 2.86. The molecule has 1 aliphatic rings. The molecule has 2 aromatic rings. The fraction of sp³-hybridized carbons (Fsp3) is 0.444. The highest BCUT2D eigenvalue weighted by molar-refractivity contribution is 7.13. The number of thiazole rings is 1. The molecule has 0 bridgehead atoms. The van der Waals surface area contributed by atoms with Gasteiger partial charge in [0.25, 0.3) is 5.91 Å². The Morgan fingerprint density at radius 1 is 1.50 bits per heavy atom. The van der Waals surface area contributed by atoms with Crippen molar-refractivity contribution >= 4 is 17.2 Å². The van der Waals surface area contributed by atoms with Crippen molar-refractivity contribution in [2.24, 2.45) is 0 Å². The lowest BCUT2D eigenvalue weighted by atomic mass is 10.1. The highest BCUT2D eigenvalue weighted by Gasteiger charge is 2.23. The summed E-state index contributed by atoms with van der Waals surface area (Å²) in [4.78, 5) is 19.1. The molecule has 0 N–H and O–H groups in total. The van der Waals surface area contributed by atoms with Crippen molar-refractivity contribution in [1.82, 2.24) is 9.88 Å². The number of amides is 1. The molecule has 3 rings (SSSR count). The first-order valence-electron chi connectivity index (χ1n) is 8.17. The number of carbonyl (C=O) groups excluding carboxylic acids is 1. The molecule has 1 atom stereocenters. The third-order valence-electron chi connectivity index (χ3n) is 4.09. The van der Waals surface area contributed by atoms with E-state index in [-0.39, 0.29) is 12.0 Å². The summed E-state index contributed by atoms with van der Waals surface area (Å²) in [7, 11) is 1.65. The second-order valence-electron chi connectivity index (χ2n) is 5.80. The summed E-state index contributed by atoms with van der Waals surface area (Å²) in [5.41, 5.74) is 1.65. The molecule has 6 heteroatoms. The highest BCUT2D eigenvalue weighted by Crippen LogP contribution is 2.23. The molecule has 0 radical (unpaired) electrons. The standard InChI is InChI=1S/C18H22N2O3S/c1-22-10-8-20(13-16-6-3-9-23-16)18(21)15-5-2-4-14(12-15)17-19-7-11-24-17/h2,4-5,7,11-12,16H,3,6,8-10,13H2,1H3/t16-/m0/s1. The first-order chi connectivity index (χ1) is 11.8. The molecule has 0 saturated carbocycles. The van der Waals surface area contributed by atoms with Crippen LogP contribution in [0.3, 0.4) is 0 Å². The maximum Gasteiger partial charge on any atom is 0.254 e. The van der Waals surface area contributed by atoms with E-state index < -0.39 is 0 Å². The van der Waals surface area contributed by atoms with Gasteiger partial charge in [0.2, 0.25) is 0 Å². The van der Waals surface area contributed by atoms with Crippen LogP contribution in [0.2, 0.25) is 0 Å². The van der Waals surface area contributed by atoms with Gasteiger partial charge >= 0.3 is 0 Å². The maximum absolute atomic E-state index is 13.0. The number of aromatic nitrogens is 1. The van der Waals surface area contributed by atoms with Crippen molar-refractivity contribution in [2.45, 2.75) is 18.9 Å². The van der Waals surface area contributed by atoms with Crippen molar-refractivity contribution in [3.63, 3.8) is 0 Å². The van der Waals surface area contributed by atoms with E-state index >= 15 is 0 Å². The van der Waals surface area contributed by atoms with Gasteiger partial charge in [-0.25, -0.2) is 4.98 Å². The lowest BCUT2D eigenvalue weighted by Gasteiger charge is -2.25. The summed E-state index contributed by atoms with van der Waals surface area (Å²) in [6, 6.07) is 7.66. The van der Waals surface area contributed by atoms with Crippen LogP contribution < -0.4 is 0 Å². The van der Waals surface area contributed by atoms with Gasteiger partial charge in [-0.05, 0) is 25.0 Å². The van der Waals surface area contributed by atoms with Crippen LogP contribution in [0.5, 0.6) is 0 Å². The first-order valence-corrected chi connectivity index (χ1v) is 9.05. The predicted octanol–water partition coefficient (Wildman–Crippen LogP) is 3.08. The van der Waals surface area contributed by atoms with Gasteiger partial charge in [-0.15, -0.1) is 11.3 Å². The molecule has 5 nitrogen and oxygen atoms in total. The van der Waals surface area contributed by atoms with Crippen LogP contribution in [0.4, 0.5) is 0 Å². The van der Waals surface area contributed by atoms with Crippen molar-refractivity contribution in [2.75, 3.05) is 33.4 Å². The van der Waals surface area contributed by atoms with Gasteiger partial charge in [0.05, 0.1) is 12.7 Å². The molecule has 128 valence electrons. The Balaban J connectivity index is 1.76. The van der Waals surface area contributed by atoms with E-state index in [2.05, 4.69) is 4.98 Å². The second-order valence-corrected chi connectivity index (χ2v) is 6.69. The molecule has 1 aromatic heterocycles. The lowest BCUT2D eigenvalue weighted by molar-refractivity contribution is 0.0456. The molecule has 1 aromatic carbocycles. The second kappa shape index (κ2) is 8.37. The Bertz CT molecular complexity index is 654. The third kappa shape index (κ3) is 4.20. The van der Waals surface area contributed by atoms with Crippen molar-refractivity contribution in [3.8, 4) is 10.6 Å². The van der Waals surface area contributed by atoms with Gasteiger partial charge in [-0.2, -0.15) is 0 Å². The Morgan fingerprint density at radius 3 is 3.12 bits per heavy atom. The monoisotopic (exact) mass is 346 g/mol. The highest BCUT2D eigenvalue weighted by atomic mass is 32.1. The minimum Gasteiger partial charge on any atom is -0.383 e. The summed E-state index contributed by atoms with van der Waals surface area (Å²) < 4.78 is 10.9. The number of nitrogens with zero attached hydrogens (tertiary/aromatic N) is 2. The van der Waals surface area contributed by atoms with Gasteiger partial charge in [-0.3, -0.25) is 4.79 Å². The van der Waals surface area contributed by atoms with Crippen molar-refractivity contribution in [1.29, 1.82) is 0 Å². The van der Waals surface area contributed by atoms with Gasteiger partial charge in [-0.1, -0.05) is 12.1 Å². The first kappa shape index (κ1) is 17.1. The molecule has 0 spiro atoms. The molecule has 2 heterocycles. The number of benzene rings is 1. The van der Waals surface area contributed by atoms with Crippen molar-refractivity contribution < 1.29 is 14.3 Å². The largest absolute Gasteiger partial charge is 0.383 e. The summed E-state index contributed by atoms with van der Waals surface area (Å²) >= 11 is 1.57. The maximum atomic E-state index is 13.0. The average molecular weight is 346 g/mol. The smallest absolute Gasteiger partial charge is 0.254 e. The number of rotatable bonds is 7.